The lowest BCUT2D eigenvalue weighted by Crippen LogP contribution is -2.43. The second kappa shape index (κ2) is 10.4. The maximum atomic E-state index is 13.5. The summed E-state index contributed by atoms with van der Waals surface area (Å²) in [5.74, 6) is -1.66. The smallest absolute Gasteiger partial charge is 0.417 e. The van der Waals surface area contributed by atoms with Crippen LogP contribution in [0.5, 0.6) is 0 Å². The van der Waals surface area contributed by atoms with Gasteiger partial charge in [0.05, 0.1) is 12.1 Å². The molecule has 206 valence electrons. The van der Waals surface area contributed by atoms with E-state index in [1.165, 1.54) is 47.4 Å². The fraction of sp³-hybridized carbons (Fsp3) is 0.333. The minimum absolute atomic E-state index is 0.000687. The first kappa shape index (κ1) is 27.7. The largest absolute Gasteiger partial charge is 0.481 e. The number of nitrogens with one attached hydrogen (secondary N) is 1. The molecule has 1 aliphatic rings. The van der Waals surface area contributed by atoms with E-state index >= 15 is 0 Å². The predicted octanol–water partition coefficient (Wildman–Crippen LogP) is 5.12. The zero-order chi connectivity index (χ0) is 28.5. The molecule has 39 heavy (non-hydrogen) atoms. The predicted molar refractivity (Wildman–Crippen MR) is 134 cm³/mol. The van der Waals surface area contributed by atoms with Crippen molar-refractivity contribution >= 4 is 34.5 Å². The summed E-state index contributed by atoms with van der Waals surface area (Å²) in [7, 11) is 0. The maximum Gasteiger partial charge on any atom is 0.417 e. The molecule has 2 aromatic carbocycles. The molecule has 1 fully saturated rings. The molecule has 4 rings (SSSR count). The highest BCUT2D eigenvalue weighted by Crippen LogP contribution is 2.37. The number of carbonyl (C=O) groups is 3. The number of alkyl halides is 3. The molecule has 2 heterocycles. The van der Waals surface area contributed by atoms with Gasteiger partial charge in [-0.1, -0.05) is 24.3 Å². The first-order valence-electron chi connectivity index (χ1n) is 12.0. The van der Waals surface area contributed by atoms with Gasteiger partial charge in [0.2, 0.25) is 0 Å². The fourth-order valence-corrected chi connectivity index (χ4v) is 4.36. The van der Waals surface area contributed by atoms with E-state index in [1.807, 2.05) is 0 Å². The molecule has 0 radical (unpaired) electrons. The number of hydrogen-bond acceptors (Lipinski definition) is 6. The molecule has 0 saturated carbocycles. The molecule has 9 nitrogen and oxygen atoms in total. The van der Waals surface area contributed by atoms with Gasteiger partial charge in [-0.15, -0.1) is 0 Å². The lowest BCUT2D eigenvalue weighted by atomic mass is 10.0. The number of anilines is 1. The van der Waals surface area contributed by atoms with E-state index in [1.54, 1.807) is 13.8 Å². The topological polar surface area (TPSA) is 126 Å². The minimum atomic E-state index is -4.61. The van der Waals surface area contributed by atoms with Crippen LogP contribution in [0.15, 0.2) is 53.3 Å². The molecule has 1 aliphatic heterocycles. The molecule has 0 bridgehead atoms. The van der Waals surface area contributed by atoms with Gasteiger partial charge in [-0.2, -0.15) is 13.2 Å². The number of pyridine rings is 1. The van der Waals surface area contributed by atoms with Crippen molar-refractivity contribution in [1.29, 1.82) is 0 Å². The van der Waals surface area contributed by atoms with E-state index in [0.29, 0.717) is 11.1 Å². The zero-order valence-electron chi connectivity index (χ0n) is 21.0. The van der Waals surface area contributed by atoms with Crippen molar-refractivity contribution < 1.29 is 42.1 Å². The van der Waals surface area contributed by atoms with Crippen LogP contribution in [-0.2, 0) is 25.2 Å². The van der Waals surface area contributed by atoms with Crippen LogP contribution in [0.4, 0.5) is 23.7 Å². The molecule has 1 unspecified atom stereocenters. The second-order valence-electron chi connectivity index (χ2n) is 9.63. The van der Waals surface area contributed by atoms with Gasteiger partial charge in [-0.3, -0.25) is 19.3 Å². The molecule has 1 aromatic heterocycles. The minimum Gasteiger partial charge on any atom is -0.481 e. The van der Waals surface area contributed by atoms with Crippen molar-refractivity contribution in [3.05, 3.63) is 64.4 Å². The van der Waals surface area contributed by atoms with Gasteiger partial charge >= 0.3 is 24.2 Å². The summed E-state index contributed by atoms with van der Waals surface area (Å²) in [4.78, 5) is 52.1. The number of aromatic amines is 1. The number of carbonyl (C=O) groups excluding carboxylic acids is 2. The van der Waals surface area contributed by atoms with Crippen LogP contribution in [0.2, 0.25) is 0 Å². The Hall–Kier alpha value is -4.35. The number of hydrogen-bond donors (Lipinski definition) is 2. The Morgan fingerprint density at radius 3 is 2.51 bits per heavy atom. The highest BCUT2D eigenvalue weighted by Gasteiger charge is 2.44. The van der Waals surface area contributed by atoms with Crippen molar-refractivity contribution in [3.8, 4) is 11.3 Å². The van der Waals surface area contributed by atoms with Gasteiger partial charge in [0, 0.05) is 35.2 Å². The SMILES string of the molecule is CC(C)(OC(=O)CCCC(=O)O)C1CN(c2ccc3cc(-c4ccccc4C(F)(F)F)[nH]c(=O)c3c2)C(=O)O1. The lowest BCUT2D eigenvalue weighted by molar-refractivity contribution is -0.165. The number of fused-ring (bicyclic) bond motifs is 1. The number of amides is 1. The first-order valence-corrected chi connectivity index (χ1v) is 12.0. The molecule has 2 N–H and O–H groups in total. The van der Waals surface area contributed by atoms with E-state index in [-0.39, 0.29) is 42.5 Å². The number of halogens is 3. The summed E-state index contributed by atoms with van der Waals surface area (Å²) >= 11 is 0. The van der Waals surface area contributed by atoms with Crippen molar-refractivity contribution in [2.24, 2.45) is 0 Å². The number of H-pyrrole nitrogens is 1. The first-order chi connectivity index (χ1) is 18.3. The normalized spacial score (nSPS) is 15.9. The zero-order valence-corrected chi connectivity index (χ0v) is 21.0. The summed E-state index contributed by atoms with van der Waals surface area (Å²) in [5.41, 5.74) is -2.60. The Kier molecular flexibility index (Phi) is 7.40. The summed E-state index contributed by atoms with van der Waals surface area (Å²) in [5, 5.41) is 9.23. The molecule has 1 atom stereocenters. The van der Waals surface area contributed by atoms with Gasteiger partial charge in [0.1, 0.15) is 5.60 Å². The van der Waals surface area contributed by atoms with Crippen LogP contribution in [0.25, 0.3) is 22.0 Å². The van der Waals surface area contributed by atoms with E-state index in [0.717, 1.165) is 6.07 Å². The fourth-order valence-electron chi connectivity index (χ4n) is 4.36. The van der Waals surface area contributed by atoms with Gasteiger partial charge in [0.15, 0.2) is 6.10 Å². The molecule has 12 heteroatoms. The molecule has 0 aliphatic carbocycles. The number of rotatable bonds is 8. The van der Waals surface area contributed by atoms with Gasteiger partial charge in [-0.25, -0.2) is 4.79 Å². The van der Waals surface area contributed by atoms with Crippen LogP contribution in [0, 0.1) is 0 Å². The monoisotopic (exact) mass is 546 g/mol. The van der Waals surface area contributed by atoms with Gasteiger partial charge in [0.25, 0.3) is 5.56 Å². The summed E-state index contributed by atoms with van der Waals surface area (Å²) in [6.45, 7) is 3.12. The standard InChI is InChI=1S/C27H25F3N2O7/c1-26(2,39-23(35)9-5-8-22(33)34)21-14-32(25(37)38-21)16-11-10-15-12-20(31-24(36)18(15)13-16)17-6-3-4-7-19(17)27(28,29)30/h3-4,6-7,10-13,21H,5,8-9,14H2,1-2H3,(H,31,36)(H,33,34). The number of carboxylic acids is 1. The number of cyclic esters (lactones) is 1. The molecule has 1 saturated heterocycles. The quantitative estimate of drug-likeness (QED) is 0.376. The highest BCUT2D eigenvalue weighted by molar-refractivity contribution is 5.95. The molecular weight excluding hydrogens is 521 g/mol. The van der Waals surface area contributed by atoms with Crippen molar-refractivity contribution in [1.82, 2.24) is 4.98 Å². The lowest BCUT2D eigenvalue weighted by Gasteiger charge is -2.29. The van der Waals surface area contributed by atoms with Crippen LogP contribution in [0.3, 0.4) is 0 Å². The van der Waals surface area contributed by atoms with E-state index in [9.17, 15) is 32.3 Å². The van der Waals surface area contributed by atoms with Crippen LogP contribution >= 0.6 is 0 Å². The average molecular weight is 546 g/mol. The highest BCUT2D eigenvalue weighted by atomic mass is 19.4. The van der Waals surface area contributed by atoms with Crippen molar-refractivity contribution in [2.75, 3.05) is 11.4 Å². The Morgan fingerprint density at radius 1 is 1.10 bits per heavy atom. The summed E-state index contributed by atoms with van der Waals surface area (Å²) in [6, 6.07) is 10.8. The molecular formula is C27H25F3N2O7. The molecule has 1 amide bonds. The van der Waals surface area contributed by atoms with E-state index in [2.05, 4.69) is 4.98 Å². The Morgan fingerprint density at radius 2 is 1.82 bits per heavy atom. The second-order valence-corrected chi connectivity index (χ2v) is 9.63. The number of aromatic nitrogens is 1. The third-order valence-electron chi connectivity index (χ3n) is 6.40. The third kappa shape index (κ3) is 6.05. The Balaban J connectivity index is 1.56. The van der Waals surface area contributed by atoms with Crippen LogP contribution in [0.1, 0.15) is 38.7 Å². The summed E-state index contributed by atoms with van der Waals surface area (Å²) < 4.78 is 51.3. The van der Waals surface area contributed by atoms with Gasteiger partial charge in [-0.05, 0) is 49.9 Å². The number of ether oxygens (including phenoxy) is 2. The Bertz CT molecular complexity index is 1500. The number of benzene rings is 2. The third-order valence-corrected chi connectivity index (χ3v) is 6.40. The maximum absolute atomic E-state index is 13.5. The van der Waals surface area contributed by atoms with Crippen LogP contribution in [-0.4, -0.2) is 46.4 Å². The number of aliphatic carboxylic acids is 1. The van der Waals surface area contributed by atoms with Crippen molar-refractivity contribution in [3.63, 3.8) is 0 Å². The molecule has 3 aromatic rings. The number of nitrogens with zero attached hydrogens (tertiary/aromatic N) is 1. The van der Waals surface area contributed by atoms with E-state index in [4.69, 9.17) is 14.6 Å². The summed E-state index contributed by atoms with van der Waals surface area (Å²) in [6.07, 6.45) is -6.39. The number of esters is 1. The van der Waals surface area contributed by atoms with Crippen molar-refractivity contribution in [2.45, 2.75) is 51.0 Å². The van der Waals surface area contributed by atoms with E-state index < -0.39 is 47.0 Å². The average Bonchev–Trinajstić information content (AvgIpc) is 3.25. The number of carboxylic acid groups (broad SMARTS) is 1. The molecule has 0 spiro atoms. The van der Waals surface area contributed by atoms with Gasteiger partial charge < -0.3 is 19.6 Å². The Labute approximate surface area is 220 Å². The van der Waals surface area contributed by atoms with Crippen LogP contribution < -0.4 is 10.5 Å².